The van der Waals surface area contributed by atoms with Gasteiger partial charge in [0, 0.05) is 15.7 Å². The number of methoxy groups -OCH3 is 1. The van der Waals surface area contributed by atoms with Crippen molar-refractivity contribution in [3.8, 4) is 5.75 Å². The monoisotopic (exact) mass is 450 g/mol. The van der Waals surface area contributed by atoms with Crippen LogP contribution in [0.25, 0.3) is 0 Å². The average molecular weight is 450 g/mol. The third kappa shape index (κ3) is 4.33. The molecule has 0 aromatic heterocycles. The zero-order chi connectivity index (χ0) is 17.6. The summed E-state index contributed by atoms with van der Waals surface area (Å²) in [6.45, 7) is 2.69. The minimum absolute atomic E-state index is 0.0240. The van der Waals surface area contributed by atoms with E-state index >= 15 is 0 Å². The molecule has 0 radical (unpaired) electrons. The molecule has 3 rings (SSSR count). The van der Waals surface area contributed by atoms with Crippen LogP contribution in [0.2, 0.25) is 0 Å². The summed E-state index contributed by atoms with van der Waals surface area (Å²) in [6, 6.07) is 15.9. The van der Waals surface area contributed by atoms with Gasteiger partial charge in [-0.3, -0.25) is 9.69 Å². The fourth-order valence-corrected chi connectivity index (χ4v) is 3.99. The highest BCUT2D eigenvalue weighted by Crippen LogP contribution is 2.31. The molecule has 2 aromatic carbocycles. The van der Waals surface area contributed by atoms with Crippen LogP contribution in [0.15, 0.2) is 48.5 Å². The Labute approximate surface area is 162 Å². The van der Waals surface area contributed by atoms with E-state index in [-0.39, 0.29) is 11.9 Å². The standard InChI is InChI=1S/C20H23IN2O2/c1-25-19-11-5-3-9-16(19)18(23-12-6-7-13-23)14-22-20(24)15-8-2-4-10-17(15)21/h2-5,8-11,18H,6-7,12-14H2,1H3,(H,22,24)/t18-/m0/s1. The van der Waals surface area contributed by atoms with Gasteiger partial charge < -0.3 is 10.1 Å². The van der Waals surface area contributed by atoms with Crippen LogP contribution in [0, 0.1) is 3.57 Å². The van der Waals surface area contributed by atoms with Gasteiger partial charge in [0.15, 0.2) is 0 Å². The normalized spacial score (nSPS) is 15.8. The van der Waals surface area contributed by atoms with Gasteiger partial charge in [0.2, 0.25) is 0 Å². The van der Waals surface area contributed by atoms with Crippen molar-refractivity contribution in [2.24, 2.45) is 0 Å². The van der Waals surface area contributed by atoms with Crippen molar-refractivity contribution in [2.75, 3.05) is 26.7 Å². The van der Waals surface area contributed by atoms with E-state index in [0.29, 0.717) is 6.54 Å². The van der Waals surface area contributed by atoms with E-state index in [2.05, 4.69) is 38.9 Å². The predicted octanol–water partition coefficient (Wildman–Crippen LogP) is 3.87. The van der Waals surface area contributed by atoms with Crippen LogP contribution in [0.3, 0.4) is 0 Å². The number of halogens is 1. The first-order valence-corrected chi connectivity index (χ1v) is 9.68. The first-order chi connectivity index (χ1) is 12.2. The Balaban J connectivity index is 1.79. The zero-order valence-electron chi connectivity index (χ0n) is 14.4. The van der Waals surface area contributed by atoms with Gasteiger partial charge in [-0.25, -0.2) is 0 Å². The molecule has 1 atom stereocenters. The number of hydrogen-bond acceptors (Lipinski definition) is 3. The highest BCUT2D eigenvalue weighted by molar-refractivity contribution is 14.1. The molecule has 0 spiro atoms. The van der Waals surface area contributed by atoms with Crippen LogP contribution in [-0.2, 0) is 0 Å². The Morgan fingerprint density at radius 1 is 1.16 bits per heavy atom. The topological polar surface area (TPSA) is 41.6 Å². The van der Waals surface area contributed by atoms with Gasteiger partial charge in [0.1, 0.15) is 5.75 Å². The lowest BCUT2D eigenvalue weighted by Gasteiger charge is -2.29. The van der Waals surface area contributed by atoms with Gasteiger partial charge in [-0.1, -0.05) is 30.3 Å². The minimum Gasteiger partial charge on any atom is -0.496 e. The fourth-order valence-electron chi connectivity index (χ4n) is 3.36. The first kappa shape index (κ1) is 18.2. The SMILES string of the molecule is COc1ccccc1[C@H](CNC(=O)c1ccccc1I)N1CCCC1. The number of carbonyl (C=O) groups is 1. The summed E-state index contributed by atoms with van der Waals surface area (Å²) in [5, 5.41) is 3.13. The van der Waals surface area contributed by atoms with E-state index in [1.54, 1.807) is 7.11 Å². The minimum atomic E-state index is -0.0240. The van der Waals surface area contributed by atoms with E-state index in [1.807, 2.05) is 42.5 Å². The van der Waals surface area contributed by atoms with Crippen LogP contribution < -0.4 is 10.1 Å². The molecule has 4 nitrogen and oxygen atoms in total. The number of likely N-dealkylation sites (tertiary alicyclic amines) is 1. The number of carbonyl (C=O) groups excluding carboxylic acids is 1. The number of nitrogens with one attached hydrogen (secondary N) is 1. The molecule has 0 saturated carbocycles. The Morgan fingerprint density at radius 3 is 2.56 bits per heavy atom. The summed E-state index contributed by atoms with van der Waals surface area (Å²) in [5.41, 5.74) is 1.86. The quantitative estimate of drug-likeness (QED) is 0.680. The lowest BCUT2D eigenvalue weighted by Crippen LogP contribution is -2.37. The van der Waals surface area contributed by atoms with Crippen molar-refractivity contribution >= 4 is 28.5 Å². The summed E-state index contributed by atoms with van der Waals surface area (Å²) >= 11 is 2.20. The molecule has 2 aromatic rings. The molecular weight excluding hydrogens is 427 g/mol. The van der Waals surface area contributed by atoms with Crippen LogP contribution in [0.1, 0.15) is 34.8 Å². The molecule has 1 heterocycles. The molecule has 1 amide bonds. The summed E-state index contributed by atoms with van der Waals surface area (Å²) in [7, 11) is 1.70. The number of nitrogens with zero attached hydrogens (tertiary/aromatic N) is 1. The van der Waals surface area contributed by atoms with E-state index in [9.17, 15) is 4.79 Å². The predicted molar refractivity (Wildman–Crippen MR) is 108 cm³/mol. The summed E-state index contributed by atoms with van der Waals surface area (Å²) in [4.78, 5) is 15.0. The highest BCUT2D eigenvalue weighted by atomic mass is 127. The van der Waals surface area contributed by atoms with Gasteiger partial charge in [-0.05, 0) is 66.7 Å². The lowest BCUT2D eigenvalue weighted by atomic mass is 10.0. The van der Waals surface area contributed by atoms with E-state index in [4.69, 9.17) is 4.74 Å². The molecule has 1 aliphatic heterocycles. The Bertz CT molecular complexity index is 729. The molecule has 0 bridgehead atoms. The van der Waals surface area contributed by atoms with Crippen molar-refractivity contribution in [2.45, 2.75) is 18.9 Å². The van der Waals surface area contributed by atoms with Crippen LogP contribution in [0.4, 0.5) is 0 Å². The average Bonchev–Trinajstić information content (AvgIpc) is 3.17. The fraction of sp³-hybridized carbons (Fsp3) is 0.350. The molecule has 1 fully saturated rings. The maximum Gasteiger partial charge on any atom is 0.252 e. The Kier molecular flexibility index (Phi) is 6.31. The number of benzene rings is 2. The summed E-state index contributed by atoms with van der Waals surface area (Å²) in [5.74, 6) is 0.854. The number of rotatable bonds is 6. The third-order valence-corrected chi connectivity index (χ3v) is 5.59. The largest absolute Gasteiger partial charge is 0.496 e. The number of para-hydroxylation sites is 1. The van der Waals surface area contributed by atoms with Gasteiger partial charge in [-0.2, -0.15) is 0 Å². The van der Waals surface area contributed by atoms with Gasteiger partial charge in [0.25, 0.3) is 5.91 Å². The number of amides is 1. The van der Waals surface area contributed by atoms with E-state index < -0.39 is 0 Å². The van der Waals surface area contributed by atoms with Crippen LogP contribution in [-0.4, -0.2) is 37.6 Å². The maximum absolute atomic E-state index is 12.6. The summed E-state index contributed by atoms with van der Waals surface area (Å²) < 4.78 is 6.52. The smallest absolute Gasteiger partial charge is 0.252 e. The van der Waals surface area contributed by atoms with Crippen LogP contribution in [0.5, 0.6) is 5.75 Å². The molecule has 1 N–H and O–H groups in total. The zero-order valence-corrected chi connectivity index (χ0v) is 16.5. The maximum atomic E-state index is 12.6. The second-order valence-corrected chi connectivity index (χ2v) is 7.35. The number of ether oxygens (including phenoxy) is 1. The molecule has 0 aliphatic carbocycles. The van der Waals surface area contributed by atoms with Crippen molar-refractivity contribution < 1.29 is 9.53 Å². The Hall–Kier alpha value is -1.60. The van der Waals surface area contributed by atoms with Gasteiger partial charge in [0.05, 0.1) is 18.7 Å². The van der Waals surface area contributed by atoms with Crippen molar-refractivity contribution in [1.82, 2.24) is 10.2 Å². The molecule has 132 valence electrons. The highest BCUT2D eigenvalue weighted by Gasteiger charge is 2.26. The molecule has 25 heavy (non-hydrogen) atoms. The van der Waals surface area contributed by atoms with Crippen molar-refractivity contribution in [3.63, 3.8) is 0 Å². The molecule has 1 aliphatic rings. The van der Waals surface area contributed by atoms with Crippen molar-refractivity contribution in [1.29, 1.82) is 0 Å². The van der Waals surface area contributed by atoms with Gasteiger partial charge in [-0.15, -0.1) is 0 Å². The van der Waals surface area contributed by atoms with Gasteiger partial charge >= 0.3 is 0 Å². The molecule has 1 saturated heterocycles. The lowest BCUT2D eigenvalue weighted by molar-refractivity contribution is 0.0936. The second kappa shape index (κ2) is 8.67. The van der Waals surface area contributed by atoms with E-state index in [1.165, 1.54) is 12.8 Å². The Morgan fingerprint density at radius 2 is 1.84 bits per heavy atom. The number of hydrogen-bond donors (Lipinski definition) is 1. The third-order valence-electron chi connectivity index (χ3n) is 4.65. The molecule has 5 heteroatoms. The molecule has 0 unspecified atom stereocenters. The van der Waals surface area contributed by atoms with Crippen LogP contribution >= 0.6 is 22.6 Å². The first-order valence-electron chi connectivity index (χ1n) is 8.60. The molecular formula is C20H23IN2O2. The van der Waals surface area contributed by atoms with E-state index in [0.717, 1.165) is 33.5 Å². The second-order valence-electron chi connectivity index (χ2n) is 6.19. The summed E-state index contributed by atoms with van der Waals surface area (Å²) in [6.07, 6.45) is 2.41. The van der Waals surface area contributed by atoms with Crippen molar-refractivity contribution in [3.05, 3.63) is 63.2 Å².